The molecule has 0 unspecified atom stereocenters. The lowest BCUT2D eigenvalue weighted by atomic mass is 10.2. The van der Waals surface area contributed by atoms with Crippen LogP contribution in [-0.2, 0) is 14.8 Å². The summed E-state index contributed by atoms with van der Waals surface area (Å²) < 4.78 is 51.7. The fourth-order valence-corrected chi connectivity index (χ4v) is 3.17. The molecular weight excluding hydrogens is 278 g/mol. The smallest absolute Gasteiger partial charge is 0.262 e. The highest BCUT2D eigenvalue weighted by Crippen LogP contribution is 2.27. The second kappa shape index (κ2) is 4.93. The van der Waals surface area contributed by atoms with Crippen molar-refractivity contribution in [1.29, 1.82) is 0 Å². The van der Waals surface area contributed by atoms with E-state index in [1.807, 2.05) is 0 Å². The molecule has 1 fully saturated rings. The normalized spacial score (nSPS) is 21.1. The third-order valence-electron chi connectivity index (χ3n) is 2.77. The lowest BCUT2D eigenvalue weighted by molar-refractivity contribution is -0.119. The van der Waals surface area contributed by atoms with Gasteiger partial charge >= 0.3 is 0 Å². The van der Waals surface area contributed by atoms with Gasteiger partial charge in [0, 0.05) is 19.0 Å². The van der Waals surface area contributed by atoms with Gasteiger partial charge < -0.3 is 0 Å². The quantitative estimate of drug-likeness (QED) is 0.817. The molecule has 5 nitrogen and oxygen atoms in total. The first-order chi connectivity index (χ1) is 8.81. The molecule has 104 valence electrons. The molecule has 1 aromatic rings. The number of carbonyl (C=O) groups excluding carboxylic acids is 1. The van der Waals surface area contributed by atoms with Crippen LogP contribution >= 0.6 is 0 Å². The van der Waals surface area contributed by atoms with Crippen molar-refractivity contribution < 1.29 is 22.0 Å². The van der Waals surface area contributed by atoms with Crippen molar-refractivity contribution in [1.82, 2.24) is 9.29 Å². The molecule has 1 saturated heterocycles. The molecule has 1 aliphatic heterocycles. The van der Waals surface area contributed by atoms with Gasteiger partial charge in [0.25, 0.3) is 15.9 Å². The molecule has 0 radical (unpaired) electrons. The number of carbonyl (C=O) groups is 1. The Kier molecular flexibility index (Phi) is 3.64. The number of hydrogen-bond acceptors (Lipinski definition) is 4. The Labute approximate surface area is 109 Å². The number of Topliss-reactive ketones (excluding diaryl/α,β-unsaturated/α-hetero) is 1. The highest BCUT2D eigenvalue weighted by Gasteiger charge is 2.41. The van der Waals surface area contributed by atoms with Gasteiger partial charge in [0.1, 0.15) is 5.78 Å². The van der Waals surface area contributed by atoms with Crippen LogP contribution in [0, 0.1) is 0 Å². The molecule has 0 amide bonds. The SMILES string of the molecule is O=C1CCC(F)(F)CN(S(=O)(=O)c2ccccn2)C1. The topological polar surface area (TPSA) is 67.3 Å². The van der Waals surface area contributed by atoms with Gasteiger partial charge in [-0.1, -0.05) is 6.07 Å². The average molecular weight is 290 g/mol. The predicted octanol–water partition coefficient (Wildman–Crippen LogP) is 1.07. The van der Waals surface area contributed by atoms with E-state index in [4.69, 9.17) is 0 Å². The van der Waals surface area contributed by atoms with Crippen LogP contribution in [0.4, 0.5) is 8.78 Å². The molecule has 2 heterocycles. The average Bonchev–Trinajstić information content (AvgIpc) is 2.50. The van der Waals surface area contributed by atoms with Gasteiger partial charge in [-0.15, -0.1) is 0 Å². The molecule has 0 bridgehead atoms. The van der Waals surface area contributed by atoms with Crippen LogP contribution < -0.4 is 0 Å². The van der Waals surface area contributed by atoms with Crippen molar-refractivity contribution in [2.75, 3.05) is 13.1 Å². The van der Waals surface area contributed by atoms with Crippen molar-refractivity contribution in [2.45, 2.75) is 23.8 Å². The number of alkyl halides is 2. The molecule has 0 aliphatic carbocycles. The number of pyridine rings is 1. The number of halogens is 2. The maximum atomic E-state index is 13.5. The zero-order valence-electron chi connectivity index (χ0n) is 9.92. The van der Waals surface area contributed by atoms with Crippen LogP contribution in [0.1, 0.15) is 12.8 Å². The van der Waals surface area contributed by atoms with Crippen LogP contribution in [0.3, 0.4) is 0 Å². The number of sulfonamides is 1. The Morgan fingerprint density at radius 2 is 2.05 bits per heavy atom. The van der Waals surface area contributed by atoms with E-state index in [-0.39, 0.29) is 11.4 Å². The summed E-state index contributed by atoms with van der Waals surface area (Å²) in [5.41, 5.74) is 0. The minimum absolute atomic E-state index is 0.318. The largest absolute Gasteiger partial charge is 0.298 e. The Morgan fingerprint density at radius 1 is 1.32 bits per heavy atom. The van der Waals surface area contributed by atoms with Crippen LogP contribution in [0.25, 0.3) is 0 Å². The van der Waals surface area contributed by atoms with Crippen LogP contribution in [-0.4, -0.2) is 42.5 Å². The summed E-state index contributed by atoms with van der Waals surface area (Å²) in [6.07, 6.45) is 0.311. The van der Waals surface area contributed by atoms with Gasteiger partial charge in [-0.25, -0.2) is 22.2 Å². The highest BCUT2D eigenvalue weighted by molar-refractivity contribution is 7.89. The molecule has 0 spiro atoms. The van der Waals surface area contributed by atoms with E-state index in [0.29, 0.717) is 4.31 Å². The number of hydrogen-bond donors (Lipinski definition) is 0. The van der Waals surface area contributed by atoms with E-state index in [1.165, 1.54) is 24.4 Å². The van der Waals surface area contributed by atoms with E-state index in [9.17, 15) is 22.0 Å². The highest BCUT2D eigenvalue weighted by atomic mass is 32.2. The zero-order valence-corrected chi connectivity index (χ0v) is 10.7. The minimum Gasteiger partial charge on any atom is -0.298 e. The van der Waals surface area contributed by atoms with E-state index in [1.54, 1.807) is 0 Å². The van der Waals surface area contributed by atoms with E-state index in [2.05, 4.69) is 4.98 Å². The van der Waals surface area contributed by atoms with Crippen LogP contribution in [0.2, 0.25) is 0 Å². The first-order valence-electron chi connectivity index (χ1n) is 5.62. The molecule has 0 atom stereocenters. The van der Waals surface area contributed by atoms with E-state index >= 15 is 0 Å². The molecule has 0 aromatic carbocycles. The second-order valence-corrected chi connectivity index (χ2v) is 6.22. The summed E-state index contributed by atoms with van der Waals surface area (Å²) in [6.45, 7) is -1.52. The Hall–Kier alpha value is -1.41. The molecule has 0 saturated carbocycles. The molecule has 8 heteroatoms. The molecule has 19 heavy (non-hydrogen) atoms. The molecule has 1 aromatic heterocycles. The number of ketones is 1. The number of aromatic nitrogens is 1. The molecule has 2 rings (SSSR count). The van der Waals surface area contributed by atoms with Crippen molar-refractivity contribution in [2.24, 2.45) is 0 Å². The van der Waals surface area contributed by atoms with Crippen molar-refractivity contribution in [3.8, 4) is 0 Å². The Balaban J connectivity index is 2.36. The van der Waals surface area contributed by atoms with Crippen molar-refractivity contribution in [3.63, 3.8) is 0 Å². The number of nitrogens with zero attached hydrogens (tertiary/aromatic N) is 2. The summed E-state index contributed by atoms with van der Waals surface area (Å²) in [7, 11) is -4.17. The summed E-state index contributed by atoms with van der Waals surface area (Å²) in [5, 5.41) is -0.333. The van der Waals surface area contributed by atoms with Gasteiger partial charge in [-0.05, 0) is 12.1 Å². The maximum absolute atomic E-state index is 13.5. The Morgan fingerprint density at radius 3 is 2.68 bits per heavy atom. The predicted molar refractivity (Wildman–Crippen MR) is 62.2 cm³/mol. The Bertz CT molecular complexity index is 575. The van der Waals surface area contributed by atoms with Crippen molar-refractivity contribution >= 4 is 15.8 Å². The summed E-state index contributed by atoms with van der Waals surface area (Å²) in [6, 6.07) is 4.17. The van der Waals surface area contributed by atoms with Gasteiger partial charge in [0.15, 0.2) is 5.03 Å². The summed E-state index contributed by atoms with van der Waals surface area (Å²) >= 11 is 0. The third-order valence-corrected chi connectivity index (χ3v) is 4.48. The van der Waals surface area contributed by atoms with E-state index in [0.717, 1.165) is 0 Å². The van der Waals surface area contributed by atoms with Crippen LogP contribution in [0.5, 0.6) is 0 Å². The summed E-state index contributed by atoms with van der Waals surface area (Å²) in [4.78, 5) is 15.0. The summed E-state index contributed by atoms with van der Waals surface area (Å²) in [5.74, 6) is -3.72. The molecule has 0 N–H and O–H groups in total. The molecule has 1 aliphatic rings. The third kappa shape index (κ3) is 3.13. The first kappa shape index (κ1) is 14.0. The van der Waals surface area contributed by atoms with Crippen LogP contribution in [0.15, 0.2) is 29.4 Å². The lowest BCUT2D eigenvalue weighted by Gasteiger charge is -2.22. The first-order valence-corrected chi connectivity index (χ1v) is 7.06. The zero-order chi connectivity index (χ0) is 14.1. The minimum atomic E-state index is -4.17. The van der Waals surface area contributed by atoms with Gasteiger partial charge in [-0.3, -0.25) is 4.79 Å². The van der Waals surface area contributed by atoms with E-state index < -0.39 is 41.2 Å². The fourth-order valence-electron chi connectivity index (χ4n) is 1.79. The monoisotopic (exact) mass is 290 g/mol. The van der Waals surface area contributed by atoms with Gasteiger partial charge in [-0.2, -0.15) is 4.31 Å². The molecular formula is C11H12F2N2O3S. The fraction of sp³-hybridized carbons (Fsp3) is 0.455. The van der Waals surface area contributed by atoms with Crippen molar-refractivity contribution in [3.05, 3.63) is 24.4 Å². The maximum Gasteiger partial charge on any atom is 0.262 e. The van der Waals surface area contributed by atoms with Gasteiger partial charge in [0.2, 0.25) is 0 Å². The van der Waals surface area contributed by atoms with Gasteiger partial charge in [0.05, 0.1) is 13.1 Å². The lowest BCUT2D eigenvalue weighted by Crippen LogP contribution is -2.40. The second-order valence-electron chi connectivity index (χ2n) is 4.34. The standard InChI is InChI=1S/C11H12F2N2O3S/c12-11(13)5-4-9(16)7-15(8-11)19(17,18)10-3-1-2-6-14-10/h1-3,6H,4-5,7-8H2. The number of rotatable bonds is 2.